The molecule has 1 aromatic heterocycles. The lowest BCUT2D eigenvalue weighted by Crippen LogP contribution is -2.41. The molecule has 0 saturated carbocycles. The summed E-state index contributed by atoms with van der Waals surface area (Å²) in [7, 11) is -4.24. The summed E-state index contributed by atoms with van der Waals surface area (Å²) in [6, 6.07) is 8.18. The van der Waals surface area contributed by atoms with Crippen molar-refractivity contribution in [3.05, 3.63) is 63.4 Å². The van der Waals surface area contributed by atoms with E-state index in [1.807, 2.05) is 0 Å². The number of rotatable bonds is 10. The van der Waals surface area contributed by atoms with Crippen LogP contribution in [-0.4, -0.2) is 51.6 Å². The summed E-state index contributed by atoms with van der Waals surface area (Å²) in [5.74, 6) is 1.97. The van der Waals surface area contributed by atoms with E-state index < -0.39 is 67.6 Å². The van der Waals surface area contributed by atoms with Crippen molar-refractivity contribution in [1.82, 2.24) is 14.6 Å². The molecule has 0 aliphatic carbocycles. The Morgan fingerprint density at radius 3 is 2.57 bits per heavy atom. The Balaban J connectivity index is 1.84. The lowest BCUT2D eigenvalue weighted by Gasteiger charge is -2.28. The summed E-state index contributed by atoms with van der Waals surface area (Å²) in [4.78, 5) is 38.2. The highest BCUT2D eigenvalue weighted by atomic mass is 31.2. The molecule has 0 radical (unpaired) electrons. The van der Waals surface area contributed by atoms with Crippen LogP contribution in [0, 0.1) is 17.8 Å². The van der Waals surface area contributed by atoms with Crippen LogP contribution in [0.15, 0.2) is 52.2 Å². The summed E-state index contributed by atoms with van der Waals surface area (Å²) < 4.78 is 36.9. The van der Waals surface area contributed by atoms with Crippen molar-refractivity contribution in [2.24, 2.45) is 5.41 Å². The lowest BCUT2D eigenvalue weighted by atomic mass is 9.83. The van der Waals surface area contributed by atoms with Gasteiger partial charge in [-0.05, 0) is 39.8 Å². The SMILES string of the molecule is C#C[C@@]1(C)C(n2ccc(=O)[nH]c2=O)O[C@H](CO[P@](=O)(N[C@H](C)C(=O)OC(C)C)Oc2ccccc2)[C@H]1O. The zero-order valence-corrected chi connectivity index (χ0v) is 21.7. The smallest absolute Gasteiger partial charge is 0.459 e. The molecule has 1 saturated heterocycles. The van der Waals surface area contributed by atoms with Crippen LogP contribution in [0.25, 0.3) is 0 Å². The average Bonchev–Trinajstić information content (AvgIpc) is 3.08. The van der Waals surface area contributed by atoms with Gasteiger partial charge < -0.3 is 19.1 Å². The first kappa shape index (κ1) is 28.4. The van der Waals surface area contributed by atoms with E-state index in [1.165, 1.54) is 20.0 Å². The summed E-state index contributed by atoms with van der Waals surface area (Å²) in [6.07, 6.45) is 2.80. The number of hydrogen-bond donors (Lipinski definition) is 3. The van der Waals surface area contributed by atoms with Crippen LogP contribution >= 0.6 is 7.75 Å². The van der Waals surface area contributed by atoms with Gasteiger partial charge in [-0.1, -0.05) is 24.1 Å². The number of nitrogens with zero attached hydrogens (tertiary/aromatic N) is 1. The first-order valence-electron chi connectivity index (χ1n) is 11.5. The molecule has 0 amide bonds. The molecular formula is C24H30N3O9P. The quantitative estimate of drug-likeness (QED) is 0.232. The van der Waals surface area contributed by atoms with Gasteiger partial charge in [0.1, 0.15) is 29.4 Å². The first-order chi connectivity index (χ1) is 17.4. The van der Waals surface area contributed by atoms with E-state index in [9.17, 15) is 24.1 Å². The number of ether oxygens (including phenoxy) is 2. The van der Waals surface area contributed by atoms with E-state index in [4.69, 9.17) is 24.9 Å². The highest BCUT2D eigenvalue weighted by Gasteiger charge is 2.54. The number of nitrogens with one attached hydrogen (secondary N) is 2. The maximum Gasteiger partial charge on any atom is 0.459 e. The first-order valence-corrected chi connectivity index (χ1v) is 13.0. The van der Waals surface area contributed by atoms with E-state index in [-0.39, 0.29) is 5.75 Å². The second-order valence-electron chi connectivity index (χ2n) is 8.95. The van der Waals surface area contributed by atoms with Gasteiger partial charge in [-0.2, -0.15) is 5.09 Å². The van der Waals surface area contributed by atoms with Crippen LogP contribution in [0.4, 0.5) is 0 Å². The number of terminal acetylenes is 1. The molecule has 1 fully saturated rings. The van der Waals surface area contributed by atoms with Crippen molar-refractivity contribution in [2.75, 3.05) is 6.61 Å². The van der Waals surface area contributed by atoms with Gasteiger partial charge in [-0.15, -0.1) is 6.42 Å². The Bertz CT molecular complexity index is 1300. The number of para-hydroxylation sites is 1. The monoisotopic (exact) mass is 535 g/mol. The molecular weight excluding hydrogens is 505 g/mol. The lowest BCUT2D eigenvalue weighted by molar-refractivity contribution is -0.149. The molecule has 37 heavy (non-hydrogen) atoms. The molecule has 1 unspecified atom stereocenters. The molecule has 0 spiro atoms. The summed E-state index contributed by atoms with van der Waals surface area (Å²) in [5, 5.41) is 13.5. The van der Waals surface area contributed by atoms with Crippen molar-refractivity contribution >= 4 is 13.7 Å². The van der Waals surface area contributed by atoms with Crippen LogP contribution in [0.2, 0.25) is 0 Å². The number of aromatic nitrogens is 2. The molecule has 2 aromatic rings. The van der Waals surface area contributed by atoms with Gasteiger partial charge in [0.05, 0.1) is 12.7 Å². The van der Waals surface area contributed by atoms with Crippen molar-refractivity contribution < 1.29 is 33.0 Å². The van der Waals surface area contributed by atoms with Gasteiger partial charge in [-0.25, -0.2) is 9.36 Å². The average molecular weight is 535 g/mol. The Kier molecular flexibility index (Phi) is 8.79. The van der Waals surface area contributed by atoms with Crippen LogP contribution in [0.3, 0.4) is 0 Å². The number of aromatic amines is 1. The molecule has 1 aliphatic rings. The number of hydrogen-bond acceptors (Lipinski definition) is 9. The van der Waals surface area contributed by atoms with E-state index in [0.29, 0.717) is 0 Å². The molecule has 12 nitrogen and oxygen atoms in total. The normalized spacial score (nSPS) is 25.7. The van der Waals surface area contributed by atoms with Crippen LogP contribution in [0.1, 0.15) is 33.9 Å². The zero-order chi connectivity index (χ0) is 27.4. The maximum absolute atomic E-state index is 13.7. The van der Waals surface area contributed by atoms with Crippen LogP contribution in [-0.2, 0) is 23.4 Å². The standard InChI is InChI=1S/C24H30N3O9P/c1-6-24(5)20(29)18(35-22(24)27-13-12-19(28)25-23(27)31)14-33-37(32,36-17-10-8-7-9-11-17)26-16(4)21(30)34-15(2)3/h1,7-13,15-16,18,20,22,29H,14H2,2-5H3,(H,26,32)(H,25,28,31)/t16-,18-,20-,22?,24-,37-/m1/s1. The minimum Gasteiger partial charge on any atom is -0.462 e. The maximum atomic E-state index is 13.7. The largest absolute Gasteiger partial charge is 0.462 e. The fourth-order valence-electron chi connectivity index (χ4n) is 3.67. The summed E-state index contributed by atoms with van der Waals surface area (Å²) in [6.45, 7) is 5.79. The third-order valence-electron chi connectivity index (χ3n) is 5.63. The van der Waals surface area contributed by atoms with Gasteiger partial charge in [0, 0.05) is 12.3 Å². The Labute approximate surface area is 213 Å². The predicted octanol–water partition coefficient (Wildman–Crippen LogP) is 1.57. The number of benzene rings is 1. The molecule has 13 heteroatoms. The van der Waals surface area contributed by atoms with Crippen molar-refractivity contribution in [1.29, 1.82) is 0 Å². The molecule has 200 valence electrons. The molecule has 0 bridgehead atoms. The van der Waals surface area contributed by atoms with Gasteiger partial charge in [0.2, 0.25) is 0 Å². The van der Waals surface area contributed by atoms with E-state index in [1.54, 1.807) is 44.2 Å². The van der Waals surface area contributed by atoms with Crippen LogP contribution < -0.4 is 20.9 Å². The Morgan fingerprint density at radius 1 is 1.30 bits per heavy atom. The molecule has 6 atom stereocenters. The Hall–Kier alpha value is -3.20. The number of aliphatic hydroxyl groups excluding tert-OH is 1. The highest BCUT2D eigenvalue weighted by Crippen LogP contribution is 2.48. The summed E-state index contributed by atoms with van der Waals surface area (Å²) >= 11 is 0. The van der Waals surface area contributed by atoms with Gasteiger partial charge in [0.15, 0.2) is 6.23 Å². The highest BCUT2D eigenvalue weighted by molar-refractivity contribution is 7.52. The topological polar surface area (TPSA) is 158 Å². The third kappa shape index (κ3) is 6.57. The number of H-pyrrole nitrogens is 1. The van der Waals surface area contributed by atoms with Gasteiger partial charge in [-0.3, -0.25) is 23.7 Å². The van der Waals surface area contributed by atoms with Crippen LogP contribution in [0.5, 0.6) is 5.75 Å². The molecule has 2 heterocycles. The number of carbonyl (C=O) groups is 1. The molecule has 1 aromatic carbocycles. The minimum absolute atomic E-state index is 0.196. The van der Waals surface area contributed by atoms with E-state index in [2.05, 4.69) is 16.0 Å². The third-order valence-corrected chi connectivity index (χ3v) is 7.28. The van der Waals surface area contributed by atoms with Crippen molar-refractivity contribution in [2.45, 2.75) is 58.3 Å². The zero-order valence-electron chi connectivity index (χ0n) is 20.8. The predicted molar refractivity (Wildman–Crippen MR) is 133 cm³/mol. The fourth-order valence-corrected chi connectivity index (χ4v) is 5.18. The van der Waals surface area contributed by atoms with Crippen molar-refractivity contribution in [3.8, 4) is 18.1 Å². The second-order valence-corrected chi connectivity index (χ2v) is 10.6. The van der Waals surface area contributed by atoms with Gasteiger partial charge in [0.25, 0.3) is 5.56 Å². The Morgan fingerprint density at radius 2 is 1.97 bits per heavy atom. The van der Waals surface area contributed by atoms with Gasteiger partial charge >= 0.3 is 19.4 Å². The number of esters is 1. The second kappa shape index (κ2) is 11.5. The number of carbonyl (C=O) groups excluding carboxylic acids is 1. The van der Waals surface area contributed by atoms with Crippen molar-refractivity contribution in [3.63, 3.8) is 0 Å². The van der Waals surface area contributed by atoms with E-state index in [0.717, 1.165) is 10.6 Å². The van der Waals surface area contributed by atoms with E-state index >= 15 is 0 Å². The number of aliphatic hydroxyl groups is 1. The summed E-state index contributed by atoms with van der Waals surface area (Å²) in [5.41, 5.74) is -2.82. The molecule has 1 aliphatic heterocycles. The minimum atomic E-state index is -4.24. The molecule has 3 rings (SSSR count). The fraction of sp³-hybridized carbons (Fsp3) is 0.458. The molecule has 3 N–H and O–H groups in total.